The first kappa shape index (κ1) is 21.4. The summed E-state index contributed by atoms with van der Waals surface area (Å²) < 4.78 is 51.6. The van der Waals surface area contributed by atoms with Gasteiger partial charge >= 0.3 is 12.1 Å². The number of halogens is 3. The molecule has 0 atom stereocenters. The van der Waals surface area contributed by atoms with E-state index in [1.165, 1.54) is 6.07 Å². The molecule has 6 rings (SSSR count). The van der Waals surface area contributed by atoms with Crippen LogP contribution in [0.1, 0.15) is 18.7 Å². The summed E-state index contributed by atoms with van der Waals surface area (Å²) in [5, 5.41) is 12.6. The number of fused-ring (bicyclic) bond motifs is 4. The molecule has 1 aliphatic rings. The molecule has 0 aliphatic carbocycles. The van der Waals surface area contributed by atoms with Gasteiger partial charge in [-0.15, -0.1) is 15.3 Å². The van der Waals surface area contributed by atoms with Crippen LogP contribution in [0.5, 0.6) is 5.75 Å². The van der Waals surface area contributed by atoms with Gasteiger partial charge in [-0.1, -0.05) is 18.2 Å². The number of benzene rings is 2. The number of rotatable bonds is 3. The minimum absolute atomic E-state index is 0.0157. The van der Waals surface area contributed by atoms with Gasteiger partial charge in [0.05, 0.1) is 5.92 Å². The Labute approximate surface area is 195 Å². The molecule has 0 bridgehead atoms. The topological polar surface area (TPSA) is 85.8 Å². The summed E-state index contributed by atoms with van der Waals surface area (Å²) in [5.74, 6) is -1.02. The number of alkyl halides is 3. The van der Waals surface area contributed by atoms with Gasteiger partial charge in [0.1, 0.15) is 22.7 Å². The number of anilines is 1. The highest BCUT2D eigenvalue weighted by Gasteiger charge is 2.38. The van der Waals surface area contributed by atoms with Gasteiger partial charge in [-0.3, -0.25) is 4.79 Å². The van der Waals surface area contributed by atoms with Crippen molar-refractivity contribution in [2.24, 2.45) is 5.92 Å². The van der Waals surface area contributed by atoms with Crippen LogP contribution in [0, 0.1) is 5.92 Å². The lowest BCUT2D eigenvalue weighted by Crippen LogP contribution is -2.38. The van der Waals surface area contributed by atoms with Gasteiger partial charge in [0.2, 0.25) is 0 Å². The number of carbonyl (C=O) groups is 1. The Morgan fingerprint density at radius 1 is 0.971 bits per heavy atom. The van der Waals surface area contributed by atoms with Gasteiger partial charge in [-0.05, 0) is 49.2 Å². The SMILES string of the molecule is O=C(Oc1ccc2oc3ccccc3c2c1)C1CCN(c2ccc3nnc(C(F)(F)F)n3n2)CC1. The molecule has 0 spiro atoms. The highest BCUT2D eigenvalue weighted by molar-refractivity contribution is 6.05. The Morgan fingerprint density at radius 2 is 1.74 bits per heavy atom. The van der Waals surface area contributed by atoms with Crippen LogP contribution in [0.3, 0.4) is 0 Å². The third-order valence-corrected chi connectivity index (χ3v) is 6.22. The molecule has 0 radical (unpaired) electrons. The van der Waals surface area contributed by atoms with Gasteiger partial charge in [0.25, 0.3) is 5.82 Å². The first-order valence-electron chi connectivity index (χ1n) is 11.0. The maximum absolute atomic E-state index is 13.2. The molecule has 0 unspecified atom stereocenters. The Bertz CT molecular complexity index is 1570. The van der Waals surface area contributed by atoms with Crippen molar-refractivity contribution in [2.45, 2.75) is 19.0 Å². The average molecular weight is 481 g/mol. The second-order valence-corrected chi connectivity index (χ2v) is 8.42. The Kier molecular flexibility index (Phi) is 4.87. The van der Waals surface area contributed by atoms with E-state index in [1.807, 2.05) is 29.2 Å². The molecular weight excluding hydrogens is 463 g/mol. The van der Waals surface area contributed by atoms with Crippen molar-refractivity contribution in [3.63, 3.8) is 0 Å². The smallest absolute Gasteiger partial charge is 0.453 e. The van der Waals surface area contributed by atoms with E-state index in [4.69, 9.17) is 9.15 Å². The summed E-state index contributed by atoms with van der Waals surface area (Å²) >= 11 is 0. The number of para-hydroxylation sites is 1. The van der Waals surface area contributed by atoms with E-state index >= 15 is 0 Å². The number of hydrogen-bond acceptors (Lipinski definition) is 7. The highest BCUT2D eigenvalue weighted by atomic mass is 19.4. The molecule has 178 valence electrons. The number of esters is 1. The zero-order chi connectivity index (χ0) is 24.2. The normalized spacial score (nSPS) is 15.3. The van der Waals surface area contributed by atoms with Crippen LogP contribution >= 0.6 is 0 Å². The van der Waals surface area contributed by atoms with E-state index < -0.39 is 12.0 Å². The predicted molar refractivity (Wildman–Crippen MR) is 120 cm³/mol. The fraction of sp³-hybridized carbons (Fsp3) is 0.250. The van der Waals surface area contributed by atoms with Gasteiger partial charge in [0, 0.05) is 23.9 Å². The summed E-state index contributed by atoms with van der Waals surface area (Å²) in [6.45, 7) is 0.903. The molecule has 1 saturated heterocycles. The van der Waals surface area contributed by atoms with Crippen molar-refractivity contribution in [3.8, 4) is 5.75 Å². The fourth-order valence-corrected chi connectivity index (χ4v) is 4.44. The number of piperidine rings is 1. The quantitative estimate of drug-likeness (QED) is 0.269. The average Bonchev–Trinajstić information content (AvgIpc) is 3.45. The van der Waals surface area contributed by atoms with Crippen molar-refractivity contribution >= 4 is 39.4 Å². The van der Waals surface area contributed by atoms with Crippen molar-refractivity contribution in [3.05, 3.63) is 60.4 Å². The number of furan rings is 1. The molecule has 1 aliphatic heterocycles. The van der Waals surface area contributed by atoms with E-state index in [2.05, 4.69) is 15.3 Å². The highest BCUT2D eigenvalue weighted by Crippen LogP contribution is 2.32. The first-order valence-corrected chi connectivity index (χ1v) is 11.0. The minimum atomic E-state index is -4.66. The first-order chi connectivity index (χ1) is 16.9. The molecular formula is C24H18F3N5O3. The van der Waals surface area contributed by atoms with E-state index in [1.54, 1.807) is 24.3 Å². The third-order valence-electron chi connectivity index (χ3n) is 6.22. The molecule has 35 heavy (non-hydrogen) atoms. The van der Waals surface area contributed by atoms with Crippen molar-refractivity contribution in [1.82, 2.24) is 19.8 Å². The van der Waals surface area contributed by atoms with Crippen molar-refractivity contribution < 1.29 is 27.1 Å². The summed E-state index contributed by atoms with van der Waals surface area (Å²) in [6, 6.07) is 16.0. The molecule has 1 fully saturated rings. The zero-order valence-corrected chi connectivity index (χ0v) is 18.2. The Balaban J connectivity index is 1.15. The summed E-state index contributed by atoms with van der Waals surface area (Å²) in [7, 11) is 0. The van der Waals surface area contributed by atoms with Crippen LogP contribution in [-0.2, 0) is 11.0 Å². The van der Waals surface area contributed by atoms with Crippen LogP contribution in [0.15, 0.2) is 59.0 Å². The predicted octanol–water partition coefficient (Wildman–Crippen LogP) is 4.86. The van der Waals surface area contributed by atoms with Crippen molar-refractivity contribution in [1.29, 1.82) is 0 Å². The molecule has 11 heteroatoms. The van der Waals surface area contributed by atoms with Crippen molar-refractivity contribution in [2.75, 3.05) is 18.0 Å². The van der Waals surface area contributed by atoms with E-state index in [0.29, 0.717) is 47.6 Å². The largest absolute Gasteiger partial charge is 0.456 e. The lowest BCUT2D eigenvalue weighted by Gasteiger charge is -2.31. The maximum atomic E-state index is 13.2. The Hall–Kier alpha value is -4.15. The second-order valence-electron chi connectivity index (χ2n) is 8.42. The second kappa shape index (κ2) is 7.97. The minimum Gasteiger partial charge on any atom is -0.456 e. The standard InChI is InChI=1S/C24H18F3N5O3/c25-24(26,27)23-29-28-20-7-8-21(30-32(20)23)31-11-9-14(10-12-31)22(33)34-15-5-6-19-17(13-15)16-3-1-2-4-18(16)35-19/h1-8,13-14H,9-12H2. The van der Waals surface area contributed by atoms with Crippen LogP contribution < -0.4 is 9.64 Å². The number of ether oxygens (including phenoxy) is 1. The van der Waals surface area contributed by atoms with E-state index in [0.717, 1.165) is 16.4 Å². The number of aromatic nitrogens is 4. The summed E-state index contributed by atoms with van der Waals surface area (Å²) in [4.78, 5) is 14.7. The van der Waals surface area contributed by atoms with Crippen LogP contribution in [0.2, 0.25) is 0 Å². The number of hydrogen-bond donors (Lipinski definition) is 0. The number of carbonyl (C=O) groups excluding carboxylic acids is 1. The fourth-order valence-electron chi connectivity index (χ4n) is 4.44. The van der Waals surface area contributed by atoms with Crippen LogP contribution in [-0.4, -0.2) is 38.9 Å². The molecule has 4 heterocycles. The lowest BCUT2D eigenvalue weighted by molar-refractivity contribution is -0.146. The summed E-state index contributed by atoms with van der Waals surface area (Å²) in [5.41, 5.74) is 1.49. The monoisotopic (exact) mass is 481 g/mol. The Morgan fingerprint density at radius 3 is 2.54 bits per heavy atom. The number of nitrogens with zero attached hydrogens (tertiary/aromatic N) is 5. The molecule has 0 N–H and O–H groups in total. The van der Waals surface area contributed by atoms with Crippen LogP contribution in [0.4, 0.5) is 19.0 Å². The molecule has 0 amide bonds. The molecule has 2 aromatic carbocycles. The van der Waals surface area contributed by atoms with Gasteiger partial charge in [-0.25, -0.2) is 0 Å². The molecule has 8 nitrogen and oxygen atoms in total. The van der Waals surface area contributed by atoms with Gasteiger partial charge in [-0.2, -0.15) is 17.7 Å². The molecule has 0 saturated carbocycles. The van der Waals surface area contributed by atoms with Crippen LogP contribution in [0.25, 0.3) is 27.6 Å². The maximum Gasteiger partial charge on any atom is 0.453 e. The molecule has 3 aromatic heterocycles. The molecule has 5 aromatic rings. The van der Waals surface area contributed by atoms with E-state index in [9.17, 15) is 18.0 Å². The van der Waals surface area contributed by atoms with Gasteiger partial charge < -0.3 is 14.1 Å². The van der Waals surface area contributed by atoms with E-state index in [-0.39, 0.29) is 17.5 Å². The zero-order valence-electron chi connectivity index (χ0n) is 18.2. The lowest BCUT2D eigenvalue weighted by atomic mass is 9.97. The summed E-state index contributed by atoms with van der Waals surface area (Å²) in [6.07, 6.45) is -3.68. The third kappa shape index (κ3) is 3.82. The van der Waals surface area contributed by atoms with Gasteiger partial charge in [0.15, 0.2) is 5.65 Å².